The van der Waals surface area contributed by atoms with Crippen LogP contribution >= 0.6 is 12.2 Å². The van der Waals surface area contributed by atoms with Gasteiger partial charge in [0, 0.05) is 18.7 Å². The molecule has 2 heterocycles. The summed E-state index contributed by atoms with van der Waals surface area (Å²) in [6.45, 7) is 2.74. The second-order valence-corrected chi connectivity index (χ2v) is 6.23. The molecule has 0 fully saturated rings. The lowest BCUT2D eigenvalue weighted by Crippen LogP contribution is -2.32. The molecular formula is C18H18N4S. The minimum absolute atomic E-state index is 0.600. The van der Waals surface area contributed by atoms with Crippen LogP contribution in [-0.2, 0) is 19.6 Å². The van der Waals surface area contributed by atoms with Gasteiger partial charge >= 0.3 is 0 Å². The summed E-state index contributed by atoms with van der Waals surface area (Å²) in [4.78, 5) is 6.88. The number of nitrogens with one attached hydrogen (secondary N) is 1. The fourth-order valence-corrected chi connectivity index (χ4v) is 3.25. The van der Waals surface area contributed by atoms with Crippen LogP contribution in [0, 0.1) is 4.77 Å². The Bertz CT molecular complexity index is 866. The van der Waals surface area contributed by atoms with E-state index in [2.05, 4.69) is 39.2 Å². The van der Waals surface area contributed by atoms with Crippen LogP contribution in [0.5, 0.6) is 0 Å². The van der Waals surface area contributed by atoms with E-state index < -0.39 is 0 Å². The Labute approximate surface area is 140 Å². The van der Waals surface area contributed by atoms with Crippen molar-refractivity contribution in [2.45, 2.75) is 19.6 Å². The lowest BCUT2D eigenvalue weighted by atomic mass is 10.0. The van der Waals surface area contributed by atoms with Crippen molar-refractivity contribution in [2.24, 2.45) is 0 Å². The van der Waals surface area contributed by atoms with Gasteiger partial charge in [-0.2, -0.15) is 4.98 Å². The molecule has 116 valence electrons. The molecule has 0 amide bonds. The molecule has 4 nitrogen and oxygen atoms in total. The van der Waals surface area contributed by atoms with Crippen LogP contribution < -0.4 is 0 Å². The highest BCUT2D eigenvalue weighted by atomic mass is 32.1. The highest BCUT2D eigenvalue weighted by molar-refractivity contribution is 7.71. The van der Waals surface area contributed by atoms with Gasteiger partial charge in [-0.3, -0.25) is 10.00 Å². The van der Waals surface area contributed by atoms with Gasteiger partial charge in [0.15, 0.2) is 5.82 Å². The molecule has 1 aliphatic heterocycles. The van der Waals surface area contributed by atoms with Crippen molar-refractivity contribution in [3.63, 3.8) is 0 Å². The number of H-pyrrole nitrogens is 1. The summed E-state index contributed by atoms with van der Waals surface area (Å²) < 4.78 is 2.55. The predicted octanol–water partition coefficient (Wildman–Crippen LogP) is 3.62. The van der Waals surface area contributed by atoms with E-state index in [0.717, 1.165) is 37.6 Å². The molecule has 0 spiro atoms. The Balaban J connectivity index is 1.54. The van der Waals surface area contributed by atoms with Gasteiger partial charge < -0.3 is 0 Å². The van der Waals surface area contributed by atoms with E-state index in [4.69, 9.17) is 12.2 Å². The number of nitrogens with zero attached hydrogens (tertiary/aromatic N) is 3. The molecule has 0 unspecified atom stereocenters. The molecule has 2 aromatic carbocycles. The summed E-state index contributed by atoms with van der Waals surface area (Å²) in [5.41, 5.74) is 3.93. The zero-order valence-electron chi connectivity index (χ0n) is 12.8. The summed E-state index contributed by atoms with van der Waals surface area (Å²) in [7, 11) is 0. The van der Waals surface area contributed by atoms with Crippen molar-refractivity contribution in [3.05, 3.63) is 70.5 Å². The minimum atomic E-state index is 0.600. The first-order valence-electron chi connectivity index (χ1n) is 7.81. The van der Waals surface area contributed by atoms with Gasteiger partial charge in [-0.25, -0.2) is 4.68 Å². The Kier molecular flexibility index (Phi) is 3.81. The molecule has 1 aliphatic rings. The number of fused-ring (bicyclic) bond motifs is 1. The fourth-order valence-electron chi connectivity index (χ4n) is 3.05. The topological polar surface area (TPSA) is 36.9 Å². The predicted molar refractivity (Wildman–Crippen MR) is 93.4 cm³/mol. The first kappa shape index (κ1) is 14.4. The van der Waals surface area contributed by atoms with Crippen LogP contribution in [0.2, 0.25) is 0 Å². The minimum Gasteiger partial charge on any atom is -0.280 e. The second kappa shape index (κ2) is 6.10. The lowest BCUT2D eigenvalue weighted by Gasteiger charge is -2.28. The number of hydrogen-bond donors (Lipinski definition) is 1. The van der Waals surface area contributed by atoms with Gasteiger partial charge in [-0.15, -0.1) is 0 Å². The summed E-state index contributed by atoms with van der Waals surface area (Å²) in [5, 5.41) is 3.33. The molecule has 0 aliphatic carbocycles. The van der Waals surface area contributed by atoms with Crippen LogP contribution in [0.15, 0.2) is 54.6 Å². The highest BCUT2D eigenvalue weighted by Crippen LogP contribution is 2.19. The second-order valence-electron chi connectivity index (χ2n) is 5.86. The van der Waals surface area contributed by atoms with Crippen LogP contribution in [0.4, 0.5) is 0 Å². The summed E-state index contributed by atoms with van der Waals surface area (Å²) in [5.74, 6) is 0.827. The molecular weight excluding hydrogens is 304 g/mol. The third-order valence-corrected chi connectivity index (χ3v) is 4.59. The average Bonchev–Trinajstić information content (AvgIpc) is 2.96. The number of rotatable bonds is 3. The first-order chi connectivity index (χ1) is 11.3. The SMILES string of the molecule is S=c1nc(-c2ccccc2)[nH]n1CN1CCc2ccccc2C1. The Morgan fingerprint density at radius 3 is 2.57 bits per heavy atom. The first-order valence-corrected chi connectivity index (χ1v) is 8.22. The van der Waals surface area contributed by atoms with Gasteiger partial charge in [-0.05, 0) is 29.8 Å². The molecule has 5 heteroatoms. The Morgan fingerprint density at radius 2 is 1.74 bits per heavy atom. The van der Waals surface area contributed by atoms with Gasteiger partial charge in [0.05, 0.1) is 6.67 Å². The zero-order chi connectivity index (χ0) is 15.6. The Morgan fingerprint density at radius 1 is 1.00 bits per heavy atom. The normalized spacial score (nSPS) is 14.6. The zero-order valence-corrected chi connectivity index (χ0v) is 13.6. The molecule has 0 atom stereocenters. The van der Waals surface area contributed by atoms with Crippen LogP contribution in [-0.4, -0.2) is 26.2 Å². The molecule has 0 radical (unpaired) electrons. The van der Waals surface area contributed by atoms with Gasteiger partial charge in [0.25, 0.3) is 0 Å². The van der Waals surface area contributed by atoms with Crippen LogP contribution in [0.3, 0.4) is 0 Å². The average molecular weight is 322 g/mol. The largest absolute Gasteiger partial charge is 0.280 e. The number of hydrogen-bond acceptors (Lipinski definition) is 3. The third-order valence-electron chi connectivity index (χ3n) is 4.28. The van der Waals surface area contributed by atoms with Crippen molar-refractivity contribution in [3.8, 4) is 11.4 Å². The van der Waals surface area contributed by atoms with E-state index >= 15 is 0 Å². The van der Waals surface area contributed by atoms with E-state index in [0.29, 0.717) is 4.77 Å². The van der Waals surface area contributed by atoms with Crippen molar-refractivity contribution >= 4 is 12.2 Å². The number of benzene rings is 2. The van der Waals surface area contributed by atoms with E-state index in [9.17, 15) is 0 Å². The summed E-state index contributed by atoms with van der Waals surface area (Å²) in [6, 6.07) is 18.7. The smallest absolute Gasteiger partial charge is 0.217 e. The van der Waals surface area contributed by atoms with Crippen molar-refractivity contribution in [1.29, 1.82) is 0 Å². The van der Waals surface area contributed by atoms with Crippen LogP contribution in [0.1, 0.15) is 11.1 Å². The maximum atomic E-state index is 5.41. The maximum absolute atomic E-state index is 5.41. The fraction of sp³-hybridized carbons (Fsp3) is 0.222. The number of aromatic nitrogens is 3. The van der Waals surface area contributed by atoms with E-state index in [1.54, 1.807) is 0 Å². The monoisotopic (exact) mass is 322 g/mol. The summed E-state index contributed by atoms with van der Waals surface area (Å²) >= 11 is 5.41. The third kappa shape index (κ3) is 2.98. The molecule has 1 aromatic heterocycles. The molecule has 4 rings (SSSR count). The lowest BCUT2D eigenvalue weighted by molar-refractivity contribution is 0.188. The van der Waals surface area contributed by atoms with Crippen molar-refractivity contribution in [1.82, 2.24) is 19.7 Å². The molecule has 0 saturated carbocycles. The quantitative estimate of drug-likeness (QED) is 0.748. The summed E-state index contributed by atoms with van der Waals surface area (Å²) in [6.07, 6.45) is 1.09. The van der Waals surface area contributed by atoms with Gasteiger partial charge in [-0.1, -0.05) is 54.6 Å². The van der Waals surface area contributed by atoms with E-state index in [1.807, 2.05) is 35.0 Å². The number of aromatic amines is 1. The highest BCUT2D eigenvalue weighted by Gasteiger charge is 2.16. The standard InChI is InChI=1S/C18H18N4S/c23-18-19-17(15-7-2-1-3-8-15)20-22(18)13-21-11-10-14-6-4-5-9-16(14)12-21/h1-9H,10-13H2,(H,19,20,23). The molecule has 23 heavy (non-hydrogen) atoms. The van der Waals surface area contributed by atoms with Crippen molar-refractivity contribution in [2.75, 3.05) is 6.54 Å². The van der Waals surface area contributed by atoms with Gasteiger partial charge in [0.1, 0.15) is 0 Å². The van der Waals surface area contributed by atoms with Gasteiger partial charge in [0.2, 0.25) is 4.77 Å². The molecule has 1 N–H and O–H groups in total. The molecule has 0 bridgehead atoms. The van der Waals surface area contributed by atoms with E-state index in [1.165, 1.54) is 11.1 Å². The van der Waals surface area contributed by atoms with E-state index in [-0.39, 0.29) is 0 Å². The molecule has 0 saturated heterocycles. The maximum Gasteiger partial charge on any atom is 0.217 e. The van der Waals surface area contributed by atoms with Crippen LogP contribution in [0.25, 0.3) is 11.4 Å². The van der Waals surface area contributed by atoms with Crippen molar-refractivity contribution < 1.29 is 0 Å². The molecule has 3 aromatic rings. The Hall–Kier alpha value is -2.24.